The second-order valence-corrected chi connectivity index (χ2v) is 5.07. The van der Waals surface area contributed by atoms with Crippen molar-refractivity contribution in [1.29, 1.82) is 0 Å². The Balaban J connectivity index is 2.32. The molecular weight excluding hydrogens is 235 g/mol. The molecule has 1 unspecified atom stereocenters. The normalized spacial score (nSPS) is 24.1. The Labute approximate surface area is 106 Å². The highest BCUT2D eigenvalue weighted by molar-refractivity contribution is 5.70. The van der Waals surface area contributed by atoms with E-state index in [-0.39, 0.29) is 5.75 Å². The number of nitrogens with two attached hydrogens (primary N) is 1. The topological polar surface area (TPSA) is 58.7 Å². The van der Waals surface area contributed by atoms with Crippen molar-refractivity contribution in [2.45, 2.75) is 25.4 Å². The molecule has 4 nitrogen and oxygen atoms in total. The first kappa shape index (κ1) is 13.0. The molecule has 0 aliphatic carbocycles. The van der Waals surface area contributed by atoms with Gasteiger partial charge in [-0.1, -0.05) is 0 Å². The van der Waals surface area contributed by atoms with Gasteiger partial charge in [-0.25, -0.2) is 4.39 Å². The number of halogens is 1. The Kier molecular flexibility index (Phi) is 3.34. The first-order valence-electron chi connectivity index (χ1n) is 6.03. The molecule has 0 spiro atoms. The number of benzene rings is 1. The molecular formula is C13H19FN2O2. The minimum atomic E-state index is -0.730. The van der Waals surface area contributed by atoms with Gasteiger partial charge in [-0.3, -0.25) is 0 Å². The van der Waals surface area contributed by atoms with Crippen LogP contribution in [0.4, 0.5) is 15.8 Å². The van der Waals surface area contributed by atoms with Crippen molar-refractivity contribution in [2.24, 2.45) is 0 Å². The summed E-state index contributed by atoms with van der Waals surface area (Å²) in [5, 5.41) is 10.1. The van der Waals surface area contributed by atoms with Crippen LogP contribution >= 0.6 is 0 Å². The number of anilines is 2. The molecule has 1 aromatic rings. The van der Waals surface area contributed by atoms with Crippen molar-refractivity contribution >= 4 is 11.4 Å². The third-order valence-corrected chi connectivity index (χ3v) is 3.32. The number of β-amino-alcohol motifs (C(OH)–C–C–N with tert-alkyl or cyclic N) is 1. The lowest BCUT2D eigenvalue weighted by molar-refractivity contribution is 0.0449. The largest absolute Gasteiger partial charge is 0.494 e. The van der Waals surface area contributed by atoms with E-state index in [1.54, 1.807) is 13.0 Å². The van der Waals surface area contributed by atoms with Crippen LogP contribution < -0.4 is 15.4 Å². The second-order valence-electron chi connectivity index (χ2n) is 5.07. The molecule has 1 aromatic carbocycles. The number of nitrogen functional groups attached to an aromatic ring is 1. The van der Waals surface area contributed by atoms with E-state index in [1.807, 2.05) is 4.90 Å². The van der Waals surface area contributed by atoms with Crippen LogP contribution in [0.15, 0.2) is 12.1 Å². The van der Waals surface area contributed by atoms with E-state index in [2.05, 4.69) is 0 Å². The van der Waals surface area contributed by atoms with Gasteiger partial charge in [-0.2, -0.15) is 0 Å². The van der Waals surface area contributed by atoms with Crippen molar-refractivity contribution in [2.75, 3.05) is 30.8 Å². The molecule has 1 saturated heterocycles. The predicted octanol–water partition coefficient (Wildman–Crippen LogP) is 1.77. The number of ether oxygens (including phenoxy) is 1. The van der Waals surface area contributed by atoms with Gasteiger partial charge in [0.1, 0.15) is 0 Å². The minimum absolute atomic E-state index is 0.171. The molecule has 3 N–H and O–H groups in total. The molecule has 2 rings (SSSR count). The highest BCUT2D eigenvalue weighted by atomic mass is 19.1. The number of aliphatic hydroxyl groups is 1. The summed E-state index contributed by atoms with van der Waals surface area (Å²) in [7, 11) is 1.42. The van der Waals surface area contributed by atoms with Crippen LogP contribution in [-0.4, -0.2) is 30.9 Å². The lowest BCUT2D eigenvalue weighted by Gasteiger charge is -2.38. The van der Waals surface area contributed by atoms with Gasteiger partial charge in [0.05, 0.1) is 24.1 Å². The molecule has 100 valence electrons. The number of nitrogens with zero attached hydrogens (tertiary/aromatic N) is 1. The first-order chi connectivity index (χ1) is 8.43. The third kappa shape index (κ3) is 2.51. The van der Waals surface area contributed by atoms with Crippen molar-refractivity contribution in [3.05, 3.63) is 17.9 Å². The second kappa shape index (κ2) is 4.65. The summed E-state index contributed by atoms with van der Waals surface area (Å²) >= 11 is 0. The summed E-state index contributed by atoms with van der Waals surface area (Å²) in [5.74, 6) is -0.299. The Morgan fingerprint density at radius 2 is 2.22 bits per heavy atom. The van der Waals surface area contributed by atoms with Crippen molar-refractivity contribution < 1.29 is 14.2 Å². The van der Waals surface area contributed by atoms with Crippen molar-refractivity contribution in [1.82, 2.24) is 0 Å². The molecule has 0 bridgehead atoms. The molecule has 0 amide bonds. The van der Waals surface area contributed by atoms with Gasteiger partial charge >= 0.3 is 0 Å². The average Bonchev–Trinajstić information content (AvgIpc) is 2.27. The first-order valence-corrected chi connectivity index (χ1v) is 6.03. The zero-order valence-corrected chi connectivity index (χ0v) is 10.7. The Morgan fingerprint density at radius 3 is 2.83 bits per heavy atom. The molecule has 0 radical (unpaired) electrons. The van der Waals surface area contributed by atoms with E-state index in [0.717, 1.165) is 19.4 Å². The van der Waals surface area contributed by atoms with E-state index in [4.69, 9.17) is 10.5 Å². The highest BCUT2D eigenvalue weighted by Crippen LogP contribution is 2.34. The van der Waals surface area contributed by atoms with Crippen LogP contribution in [0.1, 0.15) is 19.8 Å². The molecule has 0 saturated carbocycles. The molecule has 1 fully saturated rings. The van der Waals surface area contributed by atoms with Gasteiger partial charge in [-0.05, 0) is 19.8 Å². The van der Waals surface area contributed by atoms with Crippen molar-refractivity contribution in [3.63, 3.8) is 0 Å². The highest BCUT2D eigenvalue weighted by Gasteiger charge is 2.29. The summed E-state index contributed by atoms with van der Waals surface area (Å²) < 4.78 is 18.4. The zero-order valence-electron chi connectivity index (χ0n) is 10.7. The monoisotopic (exact) mass is 254 g/mol. The lowest BCUT2D eigenvalue weighted by Crippen LogP contribution is -2.46. The number of hydrogen-bond acceptors (Lipinski definition) is 4. The summed E-state index contributed by atoms with van der Waals surface area (Å²) in [5.41, 5.74) is 6.20. The van der Waals surface area contributed by atoms with Gasteiger partial charge in [0.25, 0.3) is 0 Å². The van der Waals surface area contributed by atoms with E-state index >= 15 is 0 Å². The van der Waals surface area contributed by atoms with Crippen LogP contribution in [-0.2, 0) is 0 Å². The maximum absolute atomic E-state index is 13.5. The van der Waals surface area contributed by atoms with E-state index in [0.29, 0.717) is 17.9 Å². The van der Waals surface area contributed by atoms with Crippen LogP contribution in [0.25, 0.3) is 0 Å². The molecule has 5 heteroatoms. The van der Waals surface area contributed by atoms with Gasteiger partial charge in [0.15, 0.2) is 11.6 Å². The Morgan fingerprint density at radius 1 is 1.50 bits per heavy atom. The molecule has 1 aliphatic heterocycles. The fraction of sp³-hybridized carbons (Fsp3) is 0.538. The van der Waals surface area contributed by atoms with Crippen LogP contribution in [0.2, 0.25) is 0 Å². The quantitative estimate of drug-likeness (QED) is 0.790. The number of hydrogen-bond donors (Lipinski definition) is 2. The molecule has 1 aliphatic rings. The Hall–Kier alpha value is -1.49. The molecule has 0 aromatic heterocycles. The maximum Gasteiger partial charge on any atom is 0.167 e. The number of piperidine rings is 1. The fourth-order valence-corrected chi connectivity index (χ4v) is 2.41. The number of methoxy groups -OCH3 is 1. The van der Waals surface area contributed by atoms with E-state index in [9.17, 15) is 9.50 Å². The molecule has 1 heterocycles. The third-order valence-electron chi connectivity index (χ3n) is 3.32. The number of rotatable bonds is 2. The average molecular weight is 254 g/mol. The van der Waals surface area contributed by atoms with Gasteiger partial charge < -0.3 is 20.5 Å². The summed E-state index contributed by atoms with van der Waals surface area (Å²) in [6.45, 7) is 3.09. The predicted molar refractivity (Wildman–Crippen MR) is 69.4 cm³/mol. The van der Waals surface area contributed by atoms with E-state index in [1.165, 1.54) is 13.2 Å². The maximum atomic E-state index is 13.5. The lowest BCUT2D eigenvalue weighted by atomic mass is 9.94. The fourth-order valence-electron chi connectivity index (χ4n) is 2.41. The van der Waals surface area contributed by atoms with Crippen molar-refractivity contribution in [3.8, 4) is 5.75 Å². The van der Waals surface area contributed by atoms with Gasteiger partial charge in [0, 0.05) is 25.2 Å². The van der Waals surface area contributed by atoms with Gasteiger partial charge in [-0.15, -0.1) is 0 Å². The molecule has 1 atom stereocenters. The van der Waals surface area contributed by atoms with Crippen LogP contribution in [0, 0.1) is 5.82 Å². The minimum Gasteiger partial charge on any atom is -0.494 e. The van der Waals surface area contributed by atoms with Crippen LogP contribution in [0.5, 0.6) is 5.75 Å². The smallest absolute Gasteiger partial charge is 0.167 e. The SMILES string of the molecule is COc1cc(N2CCCC(C)(O)C2)c(N)cc1F. The van der Waals surface area contributed by atoms with E-state index < -0.39 is 11.4 Å². The summed E-state index contributed by atoms with van der Waals surface area (Å²) in [4.78, 5) is 1.97. The molecule has 18 heavy (non-hydrogen) atoms. The zero-order chi connectivity index (χ0) is 13.3. The summed E-state index contributed by atoms with van der Waals surface area (Å²) in [6.07, 6.45) is 1.65. The summed E-state index contributed by atoms with van der Waals surface area (Å²) in [6, 6.07) is 2.85. The standard InChI is InChI=1S/C13H19FN2O2/c1-13(17)4-3-5-16(8-13)11-7-12(18-2)9(14)6-10(11)15/h6-7,17H,3-5,8,15H2,1-2H3. The van der Waals surface area contributed by atoms with Crippen LogP contribution in [0.3, 0.4) is 0 Å². The van der Waals surface area contributed by atoms with Gasteiger partial charge in [0.2, 0.25) is 0 Å². The Bertz CT molecular complexity index is 449.